The number of aromatic amines is 1. The van der Waals surface area contributed by atoms with E-state index in [9.17, 15) is 9.18 Å². The highest BCUT2D eigenvalue weighted by Crippen LogP contribution is 2.23. The zero-order chi connectivity index (χ0) is 18.5. The van der Waals surface area contributed by atoms with E-state index in [2.05, 4.69) is 20.5 Å². The van der Waals surface area contributed by atoms with Gasteiger partial charge in [0, 0.05) is 29.1 Å². The second-order valence-electron chi connectivity index (χ2n) is 5.47. The van der Waals surface area contributed by atoms with E-state index in [4.69, 9.17) is 16.3 Å². The Morgan fingerprint density at radius 1 is 1.27 bits per heavy atom. The summed E-state index contributed by atoms with van der Waals surface area (Å²) in [5.41, 5.74) is 1.07. The molecule has 1 heterocycles. The van der Waals surface area contributed by atoms with Gasteiger partial charge in [-0.1, -0.05) is 11.6 Å². The van der Waals surface area contributed by atoms with Gasteiger partial charge in [0.15, 0.2) is 17.4 Å². The van der Waals surface area contributed by atoms with Crippen LogP contribution >= 0.6 is 11.6 Å². The van der Waals surface area contributed by atoms with Crippen molar-refractivity contribution in [3.05, 3.63) is 64.7 Å². The minimum Gasteiger partial charge on any atom is -0.494 e. The van der Waals surface area contributed by atoms with Crippen molar-refractivity contribution < 1.29 is 13.9 Å². The molecular weight excluding hydrogens is 359 g/mol. The Bertz CT molecular complexity index is 912. The van der Waals surface area contributed by atoms with Crippen LogP contribution in [0.1, 0.15) is 16.2 Å². The average molecular weight is 375 g/mol. The number of H-pyrrole nitrogens is 1. The molecule has 3 rings (SSSR count). The largest absolute Gasteiger partial charge is 0.494 e. The molecule has 6 nitrogen and oxygen atoms in total. The van der Waals surface area contributed by atoms with Crippen LogP contribution in [0.5, 0.6) is 5.75 Å². The van der Waals surface area contributed by atoms with Crippen LogP contribution < -0.4 is 10.1 Å². The number of nitrogens with one attached hydrogen (secondary N) is 2. The highest BCUT2D eigenvalue weighted by Gasteiger charge is 2.10. The van der Waals surface area contributed by atoms with Crippen LogP contribution in [0.2, 0.25) is 5.02 Å². The Hall–Kier alpha value is -2.93. The molecule has 1 amide bonds. The van der Waals surface area contributed by atoms with Crippen molar-refractivity contribution in [2.24, 2.45) is 0 Å². The highest BCUT2D eigenvalue weighted by atomic mass is 35.5. The predicted molar refractivity (Wildman–Crippen MR) is 95.8 cm³/mol. The summed E-state index contributed by atoms with van der Waals surface area (Å²) in [6.07, 6.45) is 0.463. The molecule has 0 atom stereocenters. The summed E-state index contributed by atoms with van der Waals surface area (Å²) >= 11 is 5.80. The van der Waals surface area contributed by atoms with E-state index in [0.29, 0.717) is 40.8 Å². The number of hydrogen-bond donors (Lipinski definition) is 2. The number of carbonyl (C=O) groups excluding carboxylic acids is 1. The van der Waals surface area contributed by atoms with Crippen molar-refractivity contribution in [3.8, 4) is 17.1 Å². The first-order valence-electron chi connectivity index (χ1n) is 7.86. The summed E-state index contributed by atoms with van der Waals surface area (Å²) in [5.74, 6) is 0.456. The van der Waals surface area contributed by atoms with E-state index in [0.717, 1.165) is 0 Å². The molecule has 0 aliphatic heterocycles. The molecule has 2 aromatic carbocycles. The van der Waals surface area contributed by atoms with Crippen molar-refractivity contribution in [2.75, 3.05) is 13.7 Å². The Morgan fingerprint density at radius 3 is 2.73 bits per heavy atom. The van der Waals surface area contributed by atoms with E-state index >= 15 is 0 Å². The molecule has 134 valence electrons. The summed E-state index contributed by atoms with van der Waals surface area (Å²) in [6.45, 7) is 0.382. The Labute approximate surface area is 154 Å². The molecule has 26 heavy (non-hydrogen) atoms. The van der Waals surface area contributed by atoms with Crippen molar-refractivity contribution >= 4 is 17.5 Å². The number of methoxy groups -OCH3 is 1. The van der Waals surface area contributed by atoms with Gasteiger partial charge in [-0.2, -0.15) is 5.10 Å². The van der Waals surface area contributed by atoms with Crippen LogP contribution in [-0.2, 0) is 6.42 Å². The van der Waals surface area contributed by atoms with E-state index in [-0.39, 0.29) is 11.7 Å². The number of hydrogen-bond acceptors (Lipinski definition) is 4. The number of rotatable bonds is 6. The lowest BCUT2D eigenvalue weighted by atomic mass is 10.2. The van der Waals surface area contributed by atoms with Gasteiger partial charge in [-0.25, -0.2) is 9.37 Å². The number of nitrogens with zero attached hydrogens (tertiary/aromatic N) is 2. The lowest BCUT2D eigenvalue weighted by Crippen LogP contribution is -2.25. The maximum atomic E-state index is 13.8. The third kappa shape index (κ3) is 4.18. The number of amides is 1. The first-order chi connectivity index (χ1) is 12.6. The summed E-state index contributed by atoms with van der Waals surface area (Å²) < 4.78 is 18.7. The molecule has 0 saturated heterocycles. The molecule has 0 unspecified atom stereocenters. The van der Waals surface area contributed by atoms with Crippen LogP contribution in [-0.4, -0.2) is 34.7 Å². The lowest BCUT2D eigenvalue weighted by molar-refractivity contribution is 0.0954. The molecule has 0 aliphatic carbocycles. The van der Waals surface area contributed by atoms with Gasteiger partial charge in [-0.05, 0) is 42.5 Å². The zero-order valence-electron chi connectivity index (χ0n) is 13.9. The van der Waals surface area contributed by atoms with Crippen LogP contribution in [0, 0.1) is 5.82 Å². The molecule has 0 bridgehead atoms. The molecule has 3 aromatic rings. The van der Waals surface area contributed by atoms with E-state index in [1.54, 1.807) is 30.3 Å². The number of ether oxygens (including phenoxy) is 1. The van der Waals surface area contributed by atoms with E-state index < -0.39 is 5.82 Å². The zero-order valence-corrected chi connectivity index (χ0v) is 14.7. The predicted octanol–water partition coefficient (Wildman–Crippen LogP) is 3.25. The van der Waals surface area contributed by atoms with Crippen LogP contribution in [0.25, 0.3) is 11.4 Å². The fraction of sp³-hybridized carbons (Fsp3) is 0.167. The first kappa shape index (κ1) is 17.9. The molecule has 2 N–H and O–H groups in total. The number of aromatic nitrogens is 3. The minimum atomic E-state index is -0.480. The fourth-order valence-electron chi connectivity index (χ4n) is 2.34. The van der Waals surface area contributed by atoms with Crippen molar-refractivity contribution in [3.63, 3.8) is 0 Å². The van der Waals surface area contributed by atoms with Gasteiger partial charge in [0.25, 0.3) is 5.91 Å². The van der Waals surface area contributed by atoms with Gasteiger partial charge in [-0.3, -0.25) is 9.89 Å². The first-order valence-corrected chi connectivity index (χ1v) is 8.23. The molecule has 0 spiro atoms. The minimum absolute atomic E-state index is 0.162. The molecule has 1 aromatic heterocycles. The Morgan fingerprint density at radius 2 is 2.04 bits per heavy atom. The van der Waals surface area contributed by atoms with Gasteiger partial charge >= 0.3 is 0 Å². The SMILES string of the molecule is COc1ccc(-c2n[nH]c(CCNC(=O)c3ccc(Cl)cc3)n2)cc1F. The van der Waals surface area contributed by atoms with Gasteiger partial charge in [0.2, 0.25) is 0 Å². The van der Waals surface area contributed by atoms with Gasteiger partial charge in [-0.15, -0.1) is 0 Å². The van der Waals surface area contributed by atoms with Crippen molar-refractivity contribution in [1.29, 1.82) is 0 Å². The molecule has 0 aliphatic rings. The normalized spacial score (nSPS) is 10.6. The fourth-order valence-corrected chi connectivity index (χ4v) is 2.47. The van der Waals surface area contributed by atoms with Gasteiger partial charge in [0.1, 0.15) is 5.82 Å². The van der Waals surface area contributed by atoms with E-state index in [1.165, 1.54) is 19.2 Å². The summed E-state index contributed by atoms with van der Waals surface area (Å²) in [7, 11) is 1.40. The third-order valence-corrected chi connectivity index (χ3v) is 3.95. The monoisotopic (exact) mass is 374 g/mol. The second-order valence-corrected chi connectivity index (χ2v) is 5.90. The highest BCUT2D eigenvalue weighted by molar-refractivity contribution is 6.30. The standard InChI is InChI=1S/C18H16ClFN4O2/c1-26-15-7-4-12(10-14(15)20)17-22-16(23-24-17)8-9-21-18(25)11-2-5-13(19)6-3-11/h2-7,10H,8-9H2,1H3,(H,21,25)(H,22,23,24). The topological polar surface area (TPSA) is 79.9 Å². The molecule has 0 saturated carbocycles. The quantitative estimate of drug-likeness (QED) is 0.694. The maximum absolute atomic E-state index is 13.8. The maximum Gasteiger partial charge on any atom is 0.251 e. The van der Waals surface area contributed by atoms with Crippen molar-refractivity contribution in [2.45, 2.75) is 6.42 Å². The molecule has 8 heteroatoms. The number of halogens is 2. The van der Waals surface area contributed by atoms with Crippen molar-refractivity contribution in [1.82, 2.24) is 20.5 Å². The smallest absolute Gasteiger partial charge is 0.251 e. The van der Waals surface area contributed by atoms with Crippen LogP contribution in [0.15, 0.2) is 42.5 Å². The molecule has 0 radical (unpaired) electrons. The van der Waals surface area contributed by atoms with Crippen LogP contribution in [0.3, 0.4) is 0 Å². The average Bonchev–Trinajstić information content (AvgIpc) is 3.11. The summed E-state index contributed by atoms with van der Waals surface area (Å²) in [6, 6.07) is 11.1. The Kier molecular flexibility index (Phi) is 5.48. The van der Waals surface area contributed by atoms with E-state index in [1.807, 2.05) is 0 Å². The van der Waals surface area contributed by atoms with Gasteiger partial charge < -0.3 is 10.1 Å². The molecule has 0 fully saturated rings. The molecular formula is C18H16ClFN4O2. The third-order valence-electron chi connectivity index (χ3n) is 3.70. The number of benzene rings is 2. The van der Waals surface area contributed by atoms with Crippen LogP contribution in [0.4, 0.5) is 4.39 Å². The Balaban J connectivity index is 1.58. The summed E-state index contributed by atoms with van der Waals surface area (Å²) in [4.78, 5) is 16.3. The summed E-state index contributed by atoms with van der Waals surface area (Å²) in [5, 5.41) is 10.2. The lowest BCUT2D eigenvalue weighted by Gasteiger charge is -2.04. The van der Waals surface area contributed by atoms with Gasteiger partial charge in [0.05, 0.1) is 7.11 Å². The number of carbonyl (C=O) groups is 1. The second kappa shape index (κ2) is 7.97.